The molecule has 0 spiro atoms. The summed E-state index contributed by atoms with van der Waals surface area (Å²) in [6.07, 6.45) is 1.21. The van der Waals surface area contributed by atoms with Crippen LogP contribution in [-0.4, -0.2) is 50.6 Å². The Morgan fingerprint density at radius 1 is 1.50 bits per heavy atom. The summed E-state index contributed by atoms with van der Waals surface area (Å²) in [6, 6.07) is 0. The normalized spacial score (nSPS) is 12.2. The molecule has 0 radical (unpaired) electrons. The Hall–Kier alpha value is -0.220. The summed E-state index contributed by atoms with van der Waals surface area (Å²) in [6.45, 7) is 1.15. The highest BCUT2D eigenvalue weighted by atomic mass is 32.2. The molecule has 0 rings (SSSR count). The molecule has 0 aromatic heterocycles. The lowest BCUT2D eigenvalue weighted by Crippen LogP contribution is -2.17. The summed E-state index contributed by atoms with van der Waals surface area (Å²) in [4.78, 5) is 6.28. The van der Waals surface area contributed by atoms with Gasteiger partial charge in [0.2, 0.25) is 0 Å². The van der Waals surface area contributed by atoms with Gasteiger partial charge in [0.05, 0.1) is 0 Å². The molecule has 0 fully saturated rings. The fourth-order valence-electron chi connectivity index (χ4n) is 0.798. The van der Waals surface area contributed by atoms with E-state index in [2.05, 4.69) is 29.3 Å². The van der Waals surface area contributed by atoms with Gasteiger partial charge in [0.25, 0.3) is 0 Å². The van der Waals surface area contributed by atoms with Crippen LogP contribution in [0.25, 0.3) is 0 Å². The van der Waals surface area contributed by atoms with Gasteiger partial charge in [0.1, 0.15) is 0 Å². The van der Waals surface area contributed by atoms with Gasteiger partial charge in [-0.05, 0) is 27.1 Å². The van der Waals surface area contributed by atoms with Gasteiger partial charge in [-0.1, -0.05) is 11.8 Å². The summed E-state index contributed by atoms with van der Waals surface area (Å²) in [5.41, 5.74) is 0. The lowest BCUT2D eigenvalue weighted by molar-refractivity contribution is 0.410. The van der Waals surface area contributed by atoms with Crippen molar-refractivity contribution < 1.29 is 0 Å². The molecule has 0 aliphatic heterocycles. The minimum Gasteiger partial charge on any atom is -0.368 e. The topological polar surface area (TPSA) is 27.6 Å². The van der Waals surface area contributed by atoms with Crippen molar-refractivity contribution in [1.29, 1.82) is 0 Å². The quantitative estimate of drug-likeness (QED) is 0.404. The van der Waals surface area contributed by atoms with Crippen LogP contribution in [0.3, 0.4) is 0 Å². The minimum atomic E-state index is 1.02. The van der Waals surface area contributed by atoms with Crippen molar-refractivity contribution >= 4 is 16.9 Å². The maximum atomic E-state index is 4.08. The first-order chi connectivity index (χ1) is 5.70. The Morgan fingerprint density at radius 2 is 2.17 bits per heavy atom. The predicted molar refractivity (Wildman–Crippen MR) is 58.0 cm³/mol. The SMILES string of the molecule is CN=C(NC)SCCCN(C)C. The second-order valence-corrected chi connectivity index (χ2v) is 3.87. The lowest BCUT2D eigenvalue weighted by atomic mass is 10.5. The second kappa shape index (κ2) is 7.43. The maximum Gasteiger partial charge on any atom is 0.156 e. The van der Waals surface area contributed by atoms with Gasteiger partial charge in [-0.3, -0.25) is 4.99 Å². The third kappa shape index (κ3) is 6.49. The molecule has 0 aliphatic rings. The van der Waals surface area contributed by atoms with Crippen molar-refractivity contribution in [3.05, 3.63) is 0 Å². The summed E-state index contributed by atoms with van der Waals surface area (Å²) in [5, 5.41) is 4.06. The van der Waals surface area contributed by atoms with Crippen molar-refractivity contribution in [3.8, 4) is 0 Å². The van der Waals surface area contributed by atoms with Crippen LogP contribution in [-0.2, 0) is 0 Å². The average Bonchev–Trinajstić information content (AvgIpc) is 2.04. The molecule has 0 saturated heterocycles. The number of aliphatic imine (C=N–C) groups is 1. The van der Waals surface area contributed by atoms with Crippen molar-refractivity contribution in [1.82, 2.24) is 10.2 Å². The summed E-state index contributed by atoms with van der Waals surface area (Å²) in [5.74, 6) is 1.13. The van der Waals surface area contributed by atoms with E-state index in [0.29, 0.717) is 0 Å². The van der Waals surface area contributed by atoms with Crippen LogP contribution in [0.1, 0.15) is 6.42 Å². The summed E-state index contributed by atoms with van der Waals surface area (Å²) >= 11 is 1.78. The molecule has 1 N–H and O–H groups in total. The number of amidine groups is 1. The number of hydrogen-bond donors (Lipinski definition) is 1. The third-order valence-corrected chi connectivity index (χ3v) is 2.56. The van der Waals surface area contributed by atoms with Crippen LogP contribution in [0.4, 0.5) is 0 Å². The monoisotopic (exact) mass is 189 g/mol. The van der Waals surface area contributed by atoms with Crippen molar-refractivity contribution in [2.75, 3.05) is 40.5 Å². The molecular formula is C8H19N3S. The number of hydrogen-bond acceptors (Lipinski definition) is 3. The van der Waals surface area contributed by atoms with Crippen LogP contribution in [0.15, 0.2) is 4.99 Å². The molecule has 12 heavy (non-hydrogen) atoms. The Balaban J connectivity index is 3.30. The number of nitrogens with zero attached hydrogens (tertiary/aromatic N) is 2. The molecule has 0 saturated carbocycles. The molecule has 3 nitrogen and oxygen atoms in total. The fraction of sp³-hybridized carbons (Fsp3) is 0.875. The Labute approximate surface area is 79.6 Å². The number of rotatable bonds is 4. The molecule has 0 aromatic rings. The second-order valence-electron chi connectivity index (χ2n) is 2.78. The van der Waals surface area contributed by atoms with Gasteiger partial charge in [-0.2, -0.15) is 0 Å². The zero-order valence-electron chi connectivity index (χ0n) is 8.42. The van der Waals surface area contributed by atoms with E-state index in [1.807, 2.05) is 14.1 Å². The molecule has 0 aliphatic carbocycles. The van der Waals surface area contributed by atoms with Crippen molar-refractivity contribution in [3.63, 3.8) is 0 Å². The van der Waals surface area contributed by atoms with Crippen LogP contribution < -0.4 is 5.32 Å². The van der Waals surface area contributed by atoms with Gasteiger partial charge in [0, 0.05) is 19.8 Å². The predicted octanol–water partition coefficient (Wildman–Crippen LogP) is 0.876. The standard InChI is InChI=1S/C8H19N3S/c1-9-8(10-2)12-7-5-6-11(3)4/h5-7H2,1-4H3,(H,9,10). The summed E-state index contributed by atoms with van der Waals surface area (Å²) in [7, 11) is 7.90. The van der Waals surface area contributed by atoms with E-state index in [9.17, 15) is 0 Å². The molecule has 0 unspecified atom stereocenters. The highest BCUT2D eigenvalue weighted by Crippen LogP contribution is 2.03. The van der Waals surface area contributed by atoms with E-state index in [1.165, 1.54) is 6.42 Å². The van der Waals surface area contributed by atoms with Crippen LogP contribution >= 0.6 is 11.8 Å². The van der Waals surface area contributed by atoms with Gasteiger partial charge < -0.3 is 10.2 Å². The molecule has 4 heteroatoms. The number of thioether (sulfide) groups is 1. The van der Waals surface area contributed by atoms with Crippen molar-refractivity contribution in [2.45, 2.75) is 6.42 Å². The molecule has 0 heterocycles. The van der Waals surface area contributed by atoms with Crippen LogP contribution in [0.2, 0.25) is 0 Å². The average molecular weight is 189 g/mol. The largest absolute Gasteiger partial charge is 0.368 e. The molecule has 72 valence electrons. The molecule has 0 amide bonds. The highest BCUT2D eigenvalue weighted by Gasteiger charge is 1.95. The third-order valence-electron chi connectivity index (χ3n) is 1.41. The first-order valence-electron chi connectivity index (χ1n) is 4.12. The van der Waals surface area contributed by atoms with E-state index in [1.54, 1.807) is 11.8 Å². The molecular weight excluding hydrogens is 170 g/mol. The highest BCUT2D eigenvalue weighted by molar-refractivity contribution is 8.13. The first kappa shape index (κ1) is 11.8. The van der Waals surface area contributed by atoms with Crippen LogP contribution in [0, 0.1) is 0 Å². The zero-order chi connectivity index (χ0) is 9.40. The Morgan fingerprint density at radius 3 is 2.58 bits per heavy atom. The van der Waals surface area contributed by atoms with Gasteiger partial charge in [-0.25, -0.2) is 0 Å². The first-order valence-corrected chi connectivity index (χ1v) is 5.11. The van der Waals surface area contributed by atoms with Gasteiger partial charge in [-0.15, -0.1) is 0 Å². The lowest BCUT2D eigenvalue weighted by Gasteiger charge is -2.08. The van der Waals surface area contributed by atoms with Gasteiger partial charge in [0.15, 0.2) is 5.17 Å². The maximum absolute atomic E-state index is 4.08. The molecule has 0 bridgehead atoms. The van der Waals surface area contributed by atoms with E-state index in [4.69, 9.17) is 0 Å². The minimum absolute atomic E-state index is 1.02. The van der Waals surface area contributed by atoms with E-state index in [0.717, 1.165) is 17.5 Å². The number of nitrogens with one attached hydrogen (secondary N) is 1. The molecule has 0 aromatic carbocycles. The van der Waals surface area contributed by atoms with Crippen LogP contribution in [0.5, 0.6) is 0 Å². The van der Waals surface area contributed by atoms with Gasteiger partial charge >= 0.3 is 0 Å². The summed E-state index contributed by atoms with van der Waals surface area (Å²) < 4.78 is 0. The molecule has 0 atom stereocenters. The van der Waals surface area contributed by atoms with E-state index < -0.39 is 0 Å². The van der Waals surface area contributed by atoms with E-state index >= 15 is 0 Å². The fourth-order valence-corrected chi connectivity index (χ4v) is 1.54. The van der Waals surface area contributed by atoms with E-state index in [-0.39, 0.29) is 0 Å². The smallest absolute Gasteiger partial charge is 0.156 e. The Bertz CT molecular complexity index is 134. The Kier molecular flexibility index (Phi) is 7.29. The van der Waals surface area contributed by atoms with Crippen molar-refractivity contribution in [2.24, 2.45) is 4.99 Å². The zero-order valence-corrected chi connectivity index (χ0v) is 9.24.